The number of aryl methyl sites for hydroxylation is 1. The van der Waals surface area contributed by atoms with Gasteiger partial charge >= 0.3 is 5.97 Å². The number of rotatable bonds is 2. The summed E-state index contributed by atoms with van der Waals surface area (Å²) in [7, 11) is 1.45. The number of ether oxygens (including phenoxy) is 1. The van der Waals surface area contributed by atoms with Crippen molar-refractivity contribution in [2.24, 2.45) is 5.92 Å². The highest BCUT2D eigenvalue weighted by Gasteiger charge is 2.27. The van der Waals surface area contributed by atoms with Gasteiger partial charge < -0.3 is 9.64 Å². The van der Waals surface area contributed by atoms with Gasteiger partial charge in [-0.2, -0.15) is 0 Å². The summed E-state index contributed by atoms with van der Waals surface area (Å²) in [6.45, 7) is 3.71. The van der Waals surface area contributed by atoms with Crippen molar-refractivity contribution < 1.29 is 9.53 Å². The van der Waals surface area contributed by atoms with E-state index in [2.05, 4.69) is 9.88 Å². The maximum atomic E-state index is 11.5. The topological polar surface area (TPSA) is 42.4 Å². The van der Waals surface area contributed by atoms with Crippen LogP contribution < -0.4 is 4.90 Å². The number of carbonyl (C=O) groups is 1. The van der Waals surface area contributed by atoms with Crippen LogP contribution in [0.4, 0.5) is 5.13 Å². The van der Waals surface area contributed by atoms with E-state index in [1.165, 1.54) is 7.11 Å². The molecule has 1 aromatic rings. The summed E-state index contributed by atoms with van der Waals surface area (Å²) in [5, 5.41) is 3.06. The minimum Gasteiger partial charge on any atom is -0.469 e. The first-order chi connectivity index (χ1) is 7.70. The standard InChI is InChI=1S/C11H16N2O2S/c1-8-7-16-11(12-8)13-5-3-4-9(6-13)10(14)15-2/h7,9H,3-6H2,1-2H3. The zero-order valence-corrected chi connectivity index (χ0v) is 10.4. The third kappa shape index (κ3) is 2.35. The van der Waals surface area contributed by atoms with Gasteiger partial charge in [-0.1, -0.05) is 0 Å². The lowest BCUT2D eigenvalue weighted by Crippen LogP contribution is -2.39. The average Bonchev–Trinajstić information content (AvgIpc) is 2.75. The highest BCUT2D eigenvalue weighted by molar-refractivity contribution is 7.13. The Labute approximate surface area is 99.2 Å². The summed E-state index contributed by atoms with van der Waals surface area (Å²) in [6, 6.07) is 0. The van der Waals surface area contributed by atoms with Crippen molar-refractivity contribution in [1.82, 2.24) is 4.98 Å². The Morgan fingerprint density at radius 2 is 2.50 bits per heavy atom. The summed E-state index contributed by atoms with van der Waals surface area (Å²) in [5.74, 6) is -0.0964. The average molecular weight is 240 g/mol. The molecule has 2 rings (SSSR count). The number of esters is 1. The lowest BCUT2D eigenvalue weighted by molar-refractivity contribution is -0.145. The Kier molecular flexibility index (Phi) is 3.43. The number of thiazole rings is 1. The Balaban J connectivity index is 2.04. The molecule has 1 saturated heterocycles. The smallest absolute Gasteiger partial charge is 0.310 e. The summed E-state index contributed by atoms with van der Waals surface area (Å²) >= 11 is 1.64. The van der Waals surface area contributed by atoms with E-state index in [0.717, 1.165) is 36.8 Å². The maximum absolute atomic E-state index is 11.5. The molecule has 0 bridgehead atoms. The van der Waals surface area contributed by atoms with Gasteiger partial charge in [0.05, 0.1) is 18.7 Å². The second-order valence-electron chi connectivity index (χ2n) is 4.08. The highest BCUT2D eigenvalue weighted by Crippen LogP contribution is 2.26. The van der Waals surface area contributed by atoms with Crippen molar-refractivity contribution in [2.45, 2.75) is 19.8 Å². The van der Waals surface area contributed by atoms with Crippen molar-refractivity contribution in [3.05, 3.63) is 11.1 Å². The van der Waals surface area contributed by atoms with Gasteiger partial charge in [0.1, 0.15) is 0 Å². The summed E-state index contributed by atoms with van der Waals surface area (Å²) in [4.78, 5) is 18.1. The first-order valence-electron chi connectivity index (χ1n) is 5.45. The van der Waals surface area contributed by atoms with Gasteiger partial charge in [0.2, 0.25) is 0 Å². The zero-order chi connectivity index (χ0) is 11.5. The maximum Gasteiger partial charge on any atom is 0.310 e. The fourth-order valence-corrected chi connectivity index (χ4v) is 2.84. The van der Waals surface area contributed by atoms with E-state index < -0.39 is 0 Å². The predicted molar refractivity (Wildman–Crippen MR) is 63.8 cm³/mol. The Morgan fingerprint density at radius 1 is 1.69 bits per heavy atom. The number of carbonyl (C=O) groups excluding carboxylic acids is 1. The normalized spacial score (nSPS) is 20.9. The molecule has 0 saturated carbocycles. The third-order valence-electron chi connectivity index (χ3n) is 2.83. The van der Waals surface area contributed by atoms with Crippen LogP contribution in [0.25, 0.3) is 0 Å². The Bertz CT molecular complexity index is 378. The van der Waals surface area contributed by atoms with Crippen LogP contribution in [0.3, 0.4) is 0 Å². The van der Waals surface area contributed by atoms with Crippen LogP contribution in [0.2, 0.25) is 0 Å². The fourth-order valence-electron chi connectivity index (χ4n) is 2.00. The Hall–Kier alpha value is -1.10. The van der Waals surface area contributed by atoms with E-state index in [9.17, 15) is 4.79 Å². The monoisotopic (exact) mass is 240 g/mol. The van der Waals surface area contributed by atoms with E-state index in [1.807, 2.05) is 12.3 Å². The Morgan fingerprint density at radius 3 is 3.12 bits per heavy atom. The number of nitrogens with zero attached hydrogens (tertiary/aromatic N) is 2. The molecule has 1 unspecified atom stereocenters. The van der Waals surface area contributed by atoms with Crippen LogP contribution in [0, 0.1) is 12.8 Å². The zero-order valence-electron chi connectivity index (χ0n) is 9.60. The largest absolute Gasteiger partial charge is 0.469 e. The van der Waals surface area contributed by atoms with E-state index in [4.69, 9.17) is 4.74 Å². The molecule has 1 aliphatic heterocycles. The number of hydrogen-bond donors (Lipinski definition) is 0. The third-order valence-corrected chi connectivity index (χ3v) is 3.85. The van der Waals surface area contributed by atoms with E-state index in [0.29, 0.717) is 0 Å². The fraction of sp³-hybridized carbons (Fsp3) is 0.636. The van der Waals surface area contributed by atoms with Crippen molar-refractivity contribution in [3.8, 4) is 0 Å². The molecular weight excluding hydrogens is 224 g/mol. The van der Waals surface area contributed by atoms with Gasteiger partial charge in [-0.25, -0.2) is 4.98 Å². The van der Waals surface area contributed by atoms with Crippen molar-refractivity contribution in [3.63, 3.8) is 0 Å². The quantitative estimate of drug-likeness (QED) is 0.740. The molecule has 2 heterocycles. The van der Waals surface area contributed by atoms with Gasteiger partial charge in [0, 0.05) is 18.5 Å². The number of hydrogen-bond acceptors (Lipinski definition) is 5. The molecule has 16 heavy (non-hydrogen) atoms. The van der Waals surface area contributed by atoms with Crippen LogP contribution in [0.1, 0.15) is 18.5 Å². The molecule has 1 fully saturated rings. The lowest BCUT2D eigenvalue weighted by Gasteiger charge is -2.30. The predicted octanol–water partition coefficient (Wildman–Crippen LogP) is 1.84. The van der Waals surface area contributed by atoms with Crippen LogP contribution in [0.15, 0.2) is 5.38 Å². The molecule has 0 amide bonds. The van der Waals surface area contributed by atoms with Crippen molar-refractivity contribution in [1.29, 1.82) is 0 Å². The molecule has 4 nitrogen and oxygen atoms in total. The van der Waals surface area contributed by atoms with Gasteiger partial charge in [-0.05, 0) is 19.8 Å². The molecule has 0 N–H and O–H groups in total. The molecule has 1 aliphatic rings. The van der Waals surface area contributed by atoms with Crippen LogP contribution in [-0.2, 0) is 9.53 Å². The van der Waals surface area contributed by atoms with Crippen molar-refractivity contribution in [2.75, 3.05) is 25.1 Å². The summed E-state index contributed by atoms with van der Waals surface area (Å²) < 4.78 is 4.80. The minimum atomic E-state index is -0.0991. The first kappa shape index (κ1) is 11.4. The second kappa shape index (κ2) is 4.82. The van der Waals surface area contributed by atoms with Gasteiger partial charge in [-0.15, -0.1) is 11.3 Å². The van der Waals surface area contributed by atoms with Crippen LogP contribution >= 0.6 is 11.3 Å². The van der Waals surface area contributed by atoms with E-state index >= 15 is 0 Å². The number of aromatic nitrogens is 1. The molecule has 5 heteroatoms. The summed E-state index contributed by atoms with van der Waals surface area (Å²) in [6.07, 6.45) is 1.95. The first-order valence-corrected chi connectivity index (χ1v) is 6.33. The molecule has 88 valence electrons. The van der Waals surface area contributed by atoms with Gasteiger partial charge in [0.15, 0.2) is 5.13 Å². The summed E-state index contributed by atoms with van der Waals surface area (Å²) in [5.41, 5.74) is 1.04. The molecule has 1 aromatic heterocycles. The van der Waals surface area contributed by atoms with Gasteiger partial charge in [-0.3, -0.25) is 4.79 Å². The molecule has 0 aromatic carbocycles. The molecule has 0 aliphatic carbocycles. The second-order valence-corrected chi connectivity index (χ2v) is 4.92. The van der Waals surface area contributed by atoms with Crippen LogP contribution in [0.5, 0.6) is 0 Å². The van der Waals surface area contributed by atoms with E-state index in [1.54, 1.807) is 11.3 Å². The van der Waals surface area contributed by atoms with Crippen molar-refractivity contribution >= 4 is 22.4 Å². The SMILES string of the molecule is COC(=O)C1CCCN(c2nc(C)cs2)C1. The minimum absolute atomic E-state index is 0.00274. The number of anilines is 1. The lowest BCUT2D eigenvalue weighted by atomic mass is 9.99. The van der Waals surface area contributed by atoms with E-state index in [-0.39, 0.29) is 11.9 Å². The number of piperidine rings is 1. The van der Waals surface area contributed by atoms with Gasteiger partial charge in [0.25, 0.3) is 0 Å². The molecular formula is C11H16N2O2S. The molecule has 0 spiro atoms. The molecule has 1 atom stereocenters. The van der Waals surface area contributed by atoms with Crippen LogP contribution in [-0.4, -0.2) is 31.2 Å². The number of methoxy groups -OCH3 is 1. The molecule has 0 radical (unpaired) electrons. The highest BCUT2D eigenvalue weighted by atomic mass is 32.1.